The number of phenols is 1. The number of aliphatic imine (C=N–C) groups is 1. The predicted octanol–water partition coefficient (Wildman–Crippen LogP) is -1.17. The average molecular weight is 554 g/mol. The maximum absolute atomic E-state index is 13.2. The van der Waals surface area contributed by atoms with Crippen molar-refractivity contribution in [1.82, 2.24) is 16.0 Å². The molecule has 5 atom stereocenters. The third-order valence-corrected chi connectivity index (χ3v) is 6.29. The quantitative estimate of drug-likeness (QED) is 0.0518. The van der Waals surface area contributed by atoms with Gasteiger partial charge in [0.2, 0.25) is 17.7 Å². The van der Waals surface area contributed by atoms with Gasteiger partial charge in [0.1, 0.15) is 23.9 Å². The number of guanidine groups is 1. The monoisotopic (exact) mass is 553 g/mol. The van der Waals surface area contributed by atoms with E-state index in [9.17, 15) is 29.4 Å². The Kier molecular flexibility index (Phi) is 14.0. The molecule has 0 aliphatic carbocycles. The summed E-state index contributed by atoms with van der Waals surface area (Å²) in [6.07, 6.45) is 0.967. The predicted molar refractivity (Wildman–Crippen MR) is 146 cm³/mol. The lowest BCUT2D eigenvalue weighted by Crippen LogP contribution is -2.59. The Morgan fingerprint density at radius 3 is 2.13 bits per heavy atom. The Balaban J connectivity index is 3.05. The molecular weight excluding hydrogens is 514 g/mol. The first-order chi connectivity index (χ1) is 17.9. The molecule has 1 aromatic rings. The molecular formula is C24H39N7O6S. The minimum atomic E-state index is -1.28. The highest BCUT2D eigenvalue weighted by Gasteiger charge is 2.32. The van der Waals surface area contributed by atoms with Gasteiger partial charge in [-0.1, -0.05) is 32.4 Å². The number of carboxylic acid groups (broad SMARTS) is 1. The normalized spacial score (nSPS) is 14.7. The fourth-order valence-corrected chi connectivity index (χ4v) is 3.58. The Morgan fingerprint density at radius 2 is 1.61 bits per heavy atom. The average Bonchev–Trinajstić information content (AvgIpc) is 2.88. The van der Waals surface area contributed by atoms with Gasteiger partial charge in [0.15, 0.2) is 5.96 Å². The SMILES string of the molecule is CCC(C)C(NC(=O)C(CCCN=C(N)N)NC(=O)C(N)CS)C(=O)NC(Cc1ccc(O)cc1)C(=O)O. The molecule has 212 valence electrons. The lowest BCUT2D eigenvalue weighted by Gasteiger charge is -2.28. The molecule has 0 heterocycles. The van der Waals surface area contributed by atoms with E-state index in [1.54, 1.807) is 19.1 Å². The summed E-state index contributed by atoms with van der Waals surface area (Å²) in [7, 11) is 0. The number of carbonyl (C=O) groups is 4. The molecule has 0 aromatic heterocycles. The van der Waals surface area contributed by atoms with Crippen molar-refractivity contribution in [2.75, 3.05) is 12.3 Å². The molecule has 0 saturated heterocycles. The van der Waals surface area contributed by atoms with Crippen molar-refractivity contribution in [3.63, 3.8) is 0 Å². The van der Waals surface area contributed by atoms with Gasteiger partial charge in [0.25, 0.3) is 0 Å². The number of nitrogens with one attached hydrogen (secondary N) is 3. The minimum absolute atomic E-state index is 0.0273. The number of carbonyl (C=O) groups excluding carboxylic acids is 3. The Hall–Kier alpha value is -3.52. The summed E-state index contributed by atoms with van der Waals surface area (Å²) in [5, 5.41) is 26.8. The molecule has 0 radical (unpaired) electrons. The number of phenolic OH excluding ortho intramolecular Hbond substituents is 1. The second-order valence-electron chi connectivity index (χ2n) is 8.94. The topological polar surface area (TPSA) is 235 Å². The number of aliphatic carboxylic acids is 1. The Labute approximate surface area is 227 Å². The molecule has 1 aromatic carbocycles. The van der Waals surface area contributed by atoms with Crippen molar-refractivity contribution in [3.8, 4) is 5.75 Å². The van der Waals surface area contributed by atoms with E-state index in [1.165, 1.54) is 12.1 Å². The molecule has 0 bridgehead atoms. The molecule has 13 nitrogen and oxygen atoms in total. The first-order valence-electron chi connectivity index (χ1n) is 12.2. The van der Waals surface area contributed by atoms with Crippen LogP contribution in [0.5, 0.6) is 5.75 Å². The molecule has 0 aliphatic heterocycles. The lowest BCUT2D eigenvalue weighted by atomic mass is 9.96. The highest BCUT2D eigenvalue weighted by atomic mass is 32.1. The van der Waals surface area contributed by atoms with E-state index in [0.717, 1.165) is 0 Å². The number of nitrogens with zero attached hydrogens (tertiary/aromatic N) is 1. The molecule has 0 spiro atoms. The van der Waals surface area contributed by atoms with Gasteiger partial charge in [0.05, 0.1) is 6.04 Å². The van der Waals surface area contributed by atoms with Gasteiger partial charge in [-0.05, 0) is 36.5 Å². The van der Waals surface area contributed by atoms with Crippen molar-refractivity contribution >= 4 is 42.3 Å². The maximum Gasteiger partial charge on any atom is 0.326 e. The molecule has 1 rings (SSSR count). The smallest absolute Gasteiger partial charge is 0.326 e. The molecule has 0 fully saturated rings. The standard InChI is InChI=1S/C24H39N7O6S/c1-3-13(2)19(22(35)30-18(23(36)37)11-14-6-8-15(32)9-7-14)31-21(34)17(5-4-10-28-24(26)27)29-20(33)16(25)12-38/h6-9,13,16-19,32,38H,3-5,10-12,25H2,1-2H3,(H,29,33)(H,30,35)(H,31,34)(H,36,37)(H4,26,27,28). The van der Waals surface area contributed by atoms with E-state index < -0.39 is 47.9 Å². The van der Waals surface area contributed by atoms with E-state index in [0.29, 0.717) is 18.4 Å². The summed E-state index contributed by atoms with van der Waals surface area (Å²) >= 11 is 4.00. The summed E-state index contributed by atoms with van der Waals surface area (Å²) in [4.78, 5) is 54.5. The van der Waals surface area contributed by atoms with Gasteiger partial charge in [-0.2, -0.15) is 12.6 Å². The van der Waals surface area contributed by atoms with Crippen molar-refractivity contribution in [3.05, 3.63) is 29.8 Å². The molecule has 0 aliphatic rings. The third-order valence-electron chi connectivity index (χ3n) is 5.90. The minimum Gasteiger partial charge on any atom is -0.508 e. The fraction of sp³-hybridized carbons (Fsp3) is 0.542. The zero-order chi connectivity index (χ0) is 28.8. The van der Waals surface area contributed by atoms with Gasteiger partial charge < -0.3 is 43.4 Å². The number of amides is 3. The highest BCUT2D eigenvalue weighted by molar-refractivity contribution is 7.80. The van der Waals surface area contributed by atoms with Crippen molar-refractivity contribution in [2.24, 2.45) is 28.1 Å². The van der Waals surface area contributed by atoms with E-state index >= 15 is 0 Å². The summed E-state index contributed by atoms with van der Waals surface area (Å²) in [6.45, 7) is 3.78. The molecule has 14 heteroatoms. The van der Waals surface area contributed by atoms with Gasteiger partial charge in [-0.3, -0.25) is 19.4 Å². The Bertz CT molecular complexity index is 972. The maximum atomic E-state index is 13.2. The molecule has 0 saturated carbocycles. The van der Waals surface area contributed by atoms with Crippen LogP contribution in [-0.4, -0.2) is 76.3 Å². The summed E-state index contributed by atoms with van der Waals surface area (Å²) < 4.78 is 0. The van der Waals surface area contributed by atoms with E-state index in [-0.39, 0.29) is 42.8 Å². The number of rotatable bonds is 16. The number of thiol groups is 1. The molecule has 3 amide bonds. The summed E-state index contributed by atoms with van der Waals surface area (Å²) in [5.41, 5.74) is 17.0. The van der Waals surface area contributed by atoms with Crippen LogP contribution in [0.25, 0.3) is 0 Å². The zero-order valence-corrected chi connectivity index (χ0v) is 22.5. The van der Waals surface area contributed by atoms with Gasteiger partial charge >= 0.3 is 5.97 Å². The highest BCUT2D eigenvalue weighted by Crippen LogP contribution is 2.13. The van der Waals surface area contributed by atoms with Crippen molar-refractivity contribution < 1.29 is 29.4 Å². The number of hydrogen-bond donors (Lipinski definition) is 9. The van der Waals surface area contributed by atoms with Crippen LogP contribution in [0.1, 0.15) is 38.7 Å². The fourth-order valence-electron chi connectivity index (χ4n) is 3.42. The van der Waals surface area contributed by atoms with Crippen LogP contribution in [0.2, 0.25) is 0 Å². The number of benzene rings is 1. The van der Waals surface area contributed by atoms with Gasteiger partial charge in [-0.25, -0.2) is 4.79 Å². The zero-order valence-electron chi connectivity index (χ0n) is 21.6. The first kappa shape index (κ1) is 32.5. The number of aromatic hydroxyl groups is 1. The summed E-state index contributed by atoms with van der Waals surface area (Å²) in [6, 6.07) is 1.58. The van der Waals surface area contributed by atoms with Crippen LogP contribution in [-0.2, 0) is 25.6 Å². The number of carboxylic acids is 1. The number of hydrogen-bond acceptors (Lipinski definition) is 8. The first-order valence-corrected chi connectivity index (χ1v) is 12.9. The van der Waals surface area contributed by atoms with Gasteiger partial charge in [0, 0.05) is 18.7 Å². The van der Waals surface area contributed by atoms with Crippen LogP contribution in [0.3, 0.4) is 0 Å². The lowest BCUT2D eigenvalue weighted by molar-refractivity contribution is -0.142. The van der Waals surface area contributed by atoms with Crippen LogP contribution >= 0.6 is 12.6 Å². The third kappa shape index (κ3) is 11.3. The Morgan fingerprint density at radius 1 is 1.00 bits per heavy atom. The van der Waals surface area contributed by atoms with E-state index in [2.05, 4.69) is 33.6 Å². The second kappa shape index (κ2) is 16.3. The van der Waals surface area contributed by atoms with Crippen LogP contribution in [0.15, 0.2) is 29.3 Å². The molecule has 11 N–H and O–H groups in total. The van der Waals surface area contributed by atoms with Crippen molar-refractivity contribution in [2.45, 2.75) is 63.7 Å². The van der Waals surface area contributed by atoms with Crippen molar-refractivity contribution in [1.29, 1.82) is 0 Å². The van der Waals surface area contributed by atoms with E-state index in [1.807, 2.05) is 6.92 Å². The van der Waals surface area contributed by atoms with Gasteiger partial charge in [-0.15, -0.1) is 0 Å². The van der Waals surface area contributed by atoms with E-state index in [4.69, 9.17) is 17.2 Å². The van der Waals surface area contributed by atoms with Crippen LogP contribution < -0.4 is 33.2 Å². The largest absolute Gasteiger partial charge is 0.508 e. The molecule has 5 unspecified atom stereocenters. The number of nitrogens with two attached hydrogens (primary N) is 3. The van der Waals surface area contributed by atoms with Crippen LogP contribution in [0.4, 0.5) is 0 Å². The molecule has 38 heavy (non-hydrogen) atoms. The summed E-state index contributed by atoms with van der Waals surface area (Å²) in [5.74, 6) is -3.56. The van der Waals surface area contributed by atoms with Crippen LogP contribution in [0, 0.1) is 5.92 Å². The second-order valence-corrected chi connectivity index (χ2v) is 9.31.